The van der Waals surface area contributed by atoms with Gasteiger partial charge in [0.2, 0.25) is 0 Å². The second-order valence-electron chi connectivity index (χ2n) is 4.65. The number of hydrogen-bond acceptors (Lipinski definition) is 5. The van der Waals surface area contributed by atoms with E-state index in [-0.39, 0.29) is 18.8 Å². The highest BCUT2D eigenvalue weighted by molar-refractivity contribution is 4.66. The second kappa shape index (κ2) is 8.83. The number of rotatable bonds is 9. The van der Waals surface area contributed by atoms with Crippen LogP contribution in [0.5, 0.6) is 0 Å². The minimum absolute atomic E-state index is 0.166. The first kappa shape index (κ1) is 14.9. The van der Waals surface area contributed by atoms with Gasteiger partial charge in [0.15, 0.2) is 0 Å². The smallest absolute Gasteiger partial charge is 0.0897 e. The fourth-order valence-electron chi connectivity index (χ4n) is 1.80. The average Bonchev–Trinajstić information content (AvgIpc) is 2.80. The molecule has 0 aromatic carbocycles. The third-order valence-electron chi connectivity index (χ3n) is 2.90. The van der Waals surface area contributed by atoms with Crippen LogP contribution >= 0.6 is 0 Å². The van der Waals surface area contributed by atoms with Crippen LogP contribution in [0.1, 0.15) is 26.2 Å². The zero-order valence-electron chi connectivity index (χ0n) is 10.6. The van der Waals surface area contributed by atoms with E-state index in [2.05, 4.69) is 5.32 Å². The van der Waals surface area contributed by atoms with Crippen LogP contribution < -0.4 is 5.32 Å². The fourth-order valence-corrected chi connectivity index (χ4v) is 1.80. The van der Waals surface area contributed by atoms with Crippen LogP contribution in [0, 0.1) is 0 Å². The Morgan fingerprint density at radius 3 is 3.00 bits per heavy atom. The molecule has 3 atom stereocenters. The molecule has 0 aliphatic carbocycles. The summed E-state index contributed by atoms with van der Waals surface area (Å²) in [6.45, 7) is 4.38. The second-order valence-corrected chi connectivity index (χ2v) is 4.65. The molecular formula is C12H25NO4. The lowest BCUT2D eigenvalue weighted by atomic mass is 10.2. The lowest BCUT2D eigenvalue weighted by Gasteiger charge is -2.17. The van der Waals surface area contributed by atoms with Crippen LogP contribution in [0.3, 0.4) is 0 Å². The van der Waals surface area contributed by atoms with E-state index in [1.165, 1.54) is 0 Å². The van der Waals surface area contributed by atoms with Crippen molar-refractivity contribution in [3.8, 4) is 0 Å². The highest BCUT2D eigenvalue weighted by Crippen LogP contribution is 2.11. The standard InChI is InChI=1S/C12H25NO4/c1-10(4-5-14)13-7-11(15)8-16-9-12-3-2-6-17-12/h10-15H,2-9H2,1H3. The van der Waals surface area contributed by atoms with E-state index >= 15 is 0 Å². The molecule has 1 aliphatic heterocycles. The molecule has 5 nitrogen and oxygen atoms in total. The topological polar surface area (TPSA) is 71.0 Å². The van der Waals surface area contributed by atoms with Gasteiger partial charge in [-0.1, -0.05) is 0 Å². The molecule has 0 spiro atoms. The lowest BCUT2D eigenvalue weighted by molar-refractivity contribution is -0.0169. The van der Waals surface area contributed by atoms with E-state index in [1.807, 2.05) is 6.92 Å². The van der Waals surface area contributed by atoms with Gasteiger partial charge in [0.05, 0.1) is 25.4 Å². The summed E-state index contributed by atoms with van der Waals surface area (Å²) < 4.78 is 10.8. The third kappa shape index (κ3) is 6.95. The maximum absolute atomic E-state index is 9.65. The van der Waals surface area contributed by atoms with Crippen molar-refractivity contribution in [3.63, 3.8) is 0 Å². The predicted octanol–water partition coefficient (Wildman–Crippen LogP) is -0.0966. The largest absolute Gasteiger partial charge is 0.396 e. The third-order valence-corrected chi connectivity index (χ3v) is 2.90. The Morgan fingerprint density at radius 2 is 2.35 bits per heavy atom. The van der Waals surface area contributed by atoms with Gasteiger partial charge in [0.1, 0.15) is 0 Å². The van der Waals surface area contributed by atoms with Gasteiger partial charge < -0.3 is 25.0 Å². The fraction of sp³-hybridized carbons (Fsp3) is 1.00. The molecule has 5 heteroatoms. The molecule has 0 bridgehead atoms. The van der Waals surface area contributed by atoms with E-state index in [0.717, 1.165) is 19.4 Å². The van der Waals surface area contributed by atoms with Gasteiger partial charge in [-0.05, 0) is 26.2 Å². The maximum Gasteiger partial charge on any atom is 0.0897 e. The van der Waals surface area contributed by atoms with Crippen molar-refractivity contribution in [2.45, 2.75) is 44.4 Å². The average molecular weight is 247 g/mol. The first-order valence-electron chi connectivity index (χ1n) is 6.44. The summed E-state index contributed by atoms with van der Waals surface area (Å²) in [5.41, 5.74) is 0. The molecule has 1 rings (SSSR count). The van der Waals surface area contributed by atoms with Gasteiger partial charge in [-0.15, -0.1) is 0 Å². The van der Waals surface area contributed by atoms with E-state index in [4.69, 9.17) is 14.6 Å². The quantitative estimate of drug-likeness (QED) is 0.531. The number of aliphatic hydroxyl groups excluding tert-OH is 2. The molecule has 3 N–H and O–H groups in total. The van der Waals surface area contributed by atoms with Crippen molar-refractivity contribution in [3.05, 3.63) is 0 Å². The van der Waals surface area contributed by atoms with E-state index in [9.17, 15) is 5.11 Å². The SMILES string of the molecule is CC(CCO)NCC(O)COCC1CCCO1. The van der Waals surface area contributed by atoms with Gasteiger partial charge >= 0.3 is 0 Å². The molecule has 1 aliphatic rings. The zero-order chi connectivity index (χ0) is 12.5. The predicted molar refractivity (Wildman–Crippen MR) is 65.0 cm³/mol. The van der Waals surface area contributed by atoms with Crippen LogP contribution in [-0.2, 0) is 9.47 Å². The van der Waals surface area contributed by atoms with E-state index < -0.39 is 6.10 Å². The van der Waals surface area contributed by atoms with Gasteiger partial charge in [0.25, 0.3) is 0 Å². The molecule has 3 unspecified atom stereocenters. The first-order chi connectivity index (χ1) is 8.22. The summed E-state index contributed by atoms with van der Waals surface area (Å²) >= 11 is 0. The minimum atomic E-state index is -0.502. The van der Waals surface area contributed by atoms with Gasteiger partial charge in [-0.2, -0.15) is 0 Å². The molecule has 0 amide bonds. The highest BCUT2D eigenvalue weighted by Gasteiger charge is 2.16. The summed E-state index contributed by atoms with van der Waals surface area (Å²) in [5, 5.41) is 21.5. The summed E-state index contributed by atoms with van der Waals surface area (Å²) in [7, 11) is 0. The first-order valence-corrected chi connectivity index (χ1v) is 6.44. The van der Waals surface area contributed by atoms with Crippen LogP contribution in [0.25, 0.3) is 0 Å². The molecule has 0 aromatic heterocycles. The number of aliphatic hydroxyl groups is 2. The Balaban J connectivity index is 1.94. The van der Waals surface area contributed by atoms with Crippen molar-refractivity contribution in [1.82, 2.24) is 5.32 Å². The number of hydrogen-bond donors (Lipinski definition) is 3. The molecule has 0 radical (unpaired) electrons. The Labute approximate surface area is 103 Å². The van der Waals surface area contributed by atoms with Crippen LogP contribution in [0.2, 0.25) is 0 Å². The molecule has 102 valence electrons. The molecule has 1 fully saturated rings. The zero-order valence-corrected chi connectivity index (χ0v) is 10.6. The van der Waals surface area contributed by atoms with Crippen LogP contribution in [0.4, 0.5) is 0 Å². The summed E-state index contributed by atoms with van der Waals surface area (Å²) in [4.78, 5) is 0. The molecular weight excluding hydrogens is 222 g/mol. The van der Waals surface area contributed by atoms with Crippen molar-refractivity contribution < 1.29 is 19.7 Å². The van der Waals surface area contributed by atoms with Crippen molar-refractivity contribution in [2.75, 3.05) is 33.0 Å². The summed E-state index contributed by atoms with van der Waals surface area (Å²) in [5.74, 6) is 0. The highest BCUT2D eigenvalue weighted by atomic mass is 16.5. The van der Waals surface area contributed by atoms with E-state index in [1.54, 1.807) is 0 Å². The Bertz CT molecular complexity index is 185. The Morgan fingerprint density at radius 1 is 1.53 bits per heavy atom. The Kier molecular flexibility index (Phi) is 7.72. The maximum atomic E-state index is 9.65. The van der Waals surface area contributed by atoms with Gasteiger partial charge in [-0.3, -0.25) is 0 Å². The van der Waals surface area contributed by atoms with Gasteiger partial charge in [0, 0.05) is 25.8 Å². The molecule has 1 saturated heterocycles. The van der Waals surface area contributed by atoms with Gasteiger partial charge in [-0.25, -0.2) is 0 Å². The lowest BCUT2D eigenvalue weighted by Crippen LogP contribution is -2.36. The molecule has 1 heterocycles. The Hall–Kier alpha value is -0.200. The van der Waals surface area contributed by atoms with Crippen molar-refractivity contribution >= 4 is 0 Å². The normalized spacial score (nSPS) is 23.8. The summed E-state index contributed by atoms with van der Waals surface area (Å²) in [6, 6.07) is 0.216. The molecule has 0 saturated carbocycles. The monoisotopic (exact) mass is 247 g/mol. The van der Waals surface area contributed by atoms with Crippen molar-refractivity contribution in [1.29, 1.82) is 0 Å². The van der Waals surface area contributed by atoms with Crippen LogP contribution in [0.15, 0.2) is 0 Å². The molecule has 0 aromatic rings. The molecule has 17 heavy (non-hydrogen) atoms. The van der Waals surface area contributed by atoms with E-state index in [0.29, 0.717) is 26.2 Å². The minimum Gasteiger partial charge on any atom is -0.396 e. The van der Waals surface area contributed by atoms with Crippen molar-refractivity contribution in [2.24, 2.45) is 0 Å². The number of ether oxygens (including phenoxy) is 2. The summed E-state index contributed by atoms with van der Waals surface area (Å²) in [6.07, 6.45) is 2.57. The number of nitrogens with one attached hydrogen (secondary N) is 1. The van der Waals surface area contributed by atoms with Crippen LogP contribution in [-0.4, -0.2) is 61.4 Å².